The Bertz CT molecular complexity index is 579. The van der Waals surface area contributed by atoms with Gasteiger partial charge in [-0.2, -0.15) is 0 Å². The van der Waals surface area contributed by atoms with Crippen LogP contribution in [0.3, 0.4) is 0 Å². The molecule has 3 unspecified atom stereocenters. The van der Waals surface area contributed by atoms with E-state index < -0.39 is 10.0 Å². The molecule has 3 atom stereocenters. The predicted molar refractivity (Wildman–Crippen MR) is 70.9 cm³/mol. The van der Waals surface area contributed by atoms with Crippen molar-refractivity contribution in [3.8, 4) is 0 Å². The second-order valence-electron chi connectivity index (χ2n) is 5.84. The highest BCUT2D eigenvalue weighted by molar-refractivity contribution is 7.89. The topological polar surface area (TPSA) is 71.3 Å². The molecule has 19 heavy (non-hydrogen) atoms. The molecule has 0 saturated heterocycles. The lowest BCUT2D eigenvalue weighted by atomic mass is 9.96. The van der Waals surface area contributed by atoms with E-state index in [1.165, 1.54) is 18.9 Å². The largest absolute Gasteiger partial charge is 0.390 e. The second kappa shape index (κ2) is 4.61. The van der Waals surface area contributed by atoms with Gasteiger partial charge in [-0.25, -0.2) is 13.1 Å². The molecular weight excluding hydrogens is 264 g/mol. The molecule has 1 aromatic heterocycles. The van der Waals surface area contributed by atoms with Crippen molar-refractivity contribution in [2.75, 3.05) is 0 Å². The van der Waals surface area contributed by atoms with Gasteiger partial charge in [0.1, 0.15) is 0 Å². The van der Waals surface area contributed by atoms with E-state index in [1.54, 1.807) is 17.8 Å². The minimum absolute atomic E-state index is 0.0986. The van der Waals surface area contributed by atoms with Crippen LogP contribution in [0.1, 0.15) is 31.4 Å². The first-order chi connectivity index (χ1) is 8.99. The van der Waals surface area contributed by atoms with Crippen molar-refractivity contribution in [3.63, 3.8) is 0 Å². The molecule has 0 spiro atoms. The van der Waals surface area contributed by atoms with Gasteiger partial charge in [0.2, 0.25) is 10.0 Å². The number of aryl methyl sites for hydroxylation is 1. The quantitative estimate of drug-likeness (QED) is 0.866. The van der Waals surface area contributed by atoms with Gasteiger partial charge in [-0.15, -0.1) is 0 Å². The van der Waals surface area contributed by atoms with Crippen molar-refractivity contribution in [2.24, 2.45) is 18.9 Å². The number of rotatable bonds is 4. The fourth-order valence-electron chi connectivity index (χ4n) is 3.54. The molecule has 0 aliphatic heterocycles. The van der Waals surface area contributed by atoms with E-state index in [2.05, 4.69) is 4.72 Å². The molecule has 3 rings (SSSR count). The van der Waals surface area contributed by atoms with Crippen molar-refractivity contribution in [2.45, 2.75) is 43.2 Å². The summed E-state index contributed by atoms with van der Waals surface area (Å²) in [5, 5.41) is 9.13. The monoisotopic (exact) mass is 284 g/mol. The third-order valence-corrected chi connectivity index (χ3v) is 6.06. The lowest BCUT2D eigenvalue weighted by Crippen LogP contribution is -2.38. The lowest BCUT2D eigenvalue weighted by Gasteiger charge is -2.22. The highest BCUT2D eigenvalue weighted by atomic mass is 32.2. The number of aliphatic hydroxyl groups excluding tert-OH is 1. The summed E-state index contributed by atoms with van der Waals surface area (Å²) in [4.78, 5) is 0.252. The Labute approximate surface area is 113 Å². The van der Waals surface area contributed by atoms with E-state index in [1.807, 2.05) is 0 Å². The number of nitrogens with zero attached hydrogens (tertiary/aromatic N) is 1. The first-order valence-electron chi connectivity index (χ1n) is 6.78. The van der Waals surface area contributed by atoms with Crippen molar-refractivity contribution in [3.05, 3.63) is 18.0 Å². The molecule has 1 aromatic rings. The fourth-order valence-corrected chi connectivity index (χ4v) is 4.95. The summed E-state index contributed by atoms with van der Waals surface area (Å²) in [7, 11) is -1.72. The molecule has 0 amide bonds. The number of aliphatic hydroxyl groups is 1. The number of sulfonamides is 1. The van der Waals surface area contributed by atoms with E-state index in [0.29, 0.717) is 17.5 Å². The molecule has 2 saturated carbocycles. The molecule has 2 aliphatic rings. The van der Waals surface area contributed by atoms with Crippen LogP contribution in [-0.4, -0.2) is 24.1 Å². The van der Waals surface area contributed by atoms with E-state index in [4.69, 9.17) is 5.11 Å². The highest BCUT2D eigenvalue weighted by Gasteiger charge is 2.41. The van der Waals surface area contributed by atoms with Crippen LogP contribution >= 0.6 is 0 Å². The van der Waals surface area contributed by atoms with Gasteiger partial charge in [0.05, 0.1) is 11.5 Å². The summed E-state index contributed by atoms with van der Waals surface area (Å²) in [6.45, 7) is -0.153. The maximum absolute atomic E-state index is 12.3. The van der Waals surface area contributed by atoms with Gasteiger partial charge in [-0.1, -0.05) is 6.42 Å². The Balaban J connectivity index is 1.78. The molecule has 1 heterocycles. The van der Waals surface area contributed by atoms with Gasteiger partial charge in [0, 0.05) is 25.0 Å². The first kappa shape index (κ1) is 13.1. The summed E-state index contributed by atoms with van der Waals surface area (Å²) in [6, 6.07) is 1.64. The molecule has 2 aliphatic carbocycles. The third-order valence-electron chi connectivity index (χ3n) is 4.60. The smallest absolute Gasteiger partial charge is 0.242 e. The number of hydrogen-bond acceptors (Lipinski definition) is 3. The van der Waals surface area contributed by atoms with Crippen LogP contribution in [0.2, 0.25) is 0 Å². The minimum Gasteiger partial charge on any atom is -0.390 e. The van der Waals surface area contributed by atoms with Crippen LogP contribution in [0.5, 0.6) is 0 Å². The van der Waals surface area contributed by atoms with Gasteiger partial charge in [0.15, 0.2) is 0 Å². The average molecular weight is 284 g/mol. The Morgan fingerprint density at radius 2 is 2.21 bits per heavy atom. The SMILES string of the molecule is Cn1cc(S(=O)(=O)NC2CC3CCC2C3)cc1CO. The van der Waals surface area contributed by atoms with E-state index in [-0.39, 0.29) is 17.5 Å². The number of aromatic nitrogens is 1. The average Bonchev–Trinajstić information content (AvgIpc) is 3.02. The molecule has 6 heteroatoms. The molecule has 2 N–H and O–H groups in total. The van der Waals surface area contributed by atoms with Gasteiger partial charge in [0.25, 0.3) is 0 Å². The minimum atomic E-state index is -3.46. The van der Waals surface area contributed by atoms with E-state index in [0.717, 1.165) is 12.8 Å². The Morgan fingerprint density at radius 3 is 2.74 bits per heavy atom. The molecule has 5 nitrogen and oxygen atoms in total. The standard InChI is InChI=1S/C13H20N2O3S/c1-15-7-12(6-11(15)8-16)19(17,18)14-13-5-9-2-3-10(13)4-9/h6-7,9-10,13-14,16H,2-5,8H2,1H3. The zero-order valence-corrected chi connectivity index (χ0v) is 11.9. The maximum Gasteiger partial charge on any atom is 0.242 e. The Kier molecular flexibility index (Phi) is 3.19. The summed E-state index contributed by atoms with van der Waals surface area (Å²) in [6.07, 6.45) is 6.10. The fraction of sp³-hybridized carbons (Fsp3) is 0.692. The molecule has 106 valence electrons. The molecular formula is C13H20N2O3S. The zero-order chi connectivity index (χ0) is 13.6. The molecule has 0 radical (unpaired) electrons. The predicted octanol–water partition coefficient (Wildman–Crippen LogP) is 0.984. The normalized spacial score (nSPS) is 30.1. The molecule has 0 aromatic carbocycles. The van der Waals surface area contributed by atoms with Crippen LogP contribution in [0.25, 0.3) is 0 Å². The van der Waals surface area contributed by atoms with Crippen LogP contribution in [-0.2, 0) is 23.7 Å². The van der Waals surface area contributed by atoms with Gasteiger partial charge < -0.3 is 9.67 Å². The Hall–Kier alpha value is -0.850. The zero-order valence-electron chi connectivity index (χ0n) is 11.0. The summed E-state index contributed by atoms with van der Waals surface area (Å²) in [5.74, 6) is 1.22. The molecule has 2 fully saturated rings. The number of nitrogens with one attached hydrogen (secondary N) is 1. The van der Waals surface area contributed by atoms with Crippen molar-refractivity contribution in [1.29, 1.82) is 0 Å². The summed E-state index contributed by atoms with van der Waals surface area (Å²) < 4.78 is 29.2. The van der Waals surface area contributed by atoms with Gasteiger partial charge in [-0.05, 0) is 37.2 Å². The summed E-state index contributed by atoms with van der Waals surface area (Å²) >= 11 is 0. The van der Waals surface area contributed by atoms with E-state index in [9.17, 15) is 8.42 Å². The third kappa shape index (κ3) is 2.32. The lowest BCUT2D eigenvalue weighted by molar-refractivity contribution is 0.272. The van der Waals surface area contributed by atoms with Crippen molar-refractivity contribution in [1.82, 2.24) is 9.29 Å². The number of fused-ring (bicyclic) bond motifs is 2. The van der Waals surface area contributed by atoms with Crippen molar-refractivity contribution >= 4 is 10.0 Å². The first-order valence-corrected chi connectivity index (χ1v) is 8.26. The van der Waals surface area contributed by atoms with Crippen LogP contribution in [0, 0.1) is 11.8 Å². The second-order valence-corrected chi connectivity index (χ2v) is 7.55. The highest BCUT2D eigenvalue weighted by Crippen LogP contribution is 2.44. The van der Waals surface area contributed by atoms with E-state index >= 15 is 0 Å². The Morgan fingerprint density at radius 1 is 1.42 bits per heavy atom. The maximum atomic E-state index is 12.3. The van der Waals surface area contributed by atoms with Crippen molar-refractivity contribution < 1.29 is 13.5 Å². The van der Waals surface area contributed by atoms with Crippen LogP contribution in [0.4, 0.5) is 0 Å². The van der Waals surface area contributed by atoms with Gasteiger partial charge in [-0.3, -0.25) is 0 Å². The number of hydrogen-bond donors (Lipinski definition) is 2. The molecule has 2 bridgehead atoms. The van der Waals surface area contributed by atoms with Crippen LogP contribution in [0.15, 0.2) is 17.2 Å². The summed E-state index contributed by atoms with van der Waals surface area (Å²) in [5.41, 5.74) is 0.605. The van der Waals surface area contributed by atoms with Gasteiger partial charge >= 0.3 is 0 Å². The van der Waals surface area contributed by atoms with Crippen LogP contribution < -0.4 is 4.72 Å².